The van der Waals surface area contributed by atoms with Crippen LogP contribution in [0.4, 0.5) is 0 Å². The average molecular weight is 275 g/mol. The van der Waals surface area contributed by atoms with Crippen molar-refractivity contribution >= 4 is 21.9 Å². The maximum absolute atomic E-state index is 11.2. The van der Waals surface area contributed by atoms with Gasteiger partial charge in [-0.25, -0.2) is 0 Å². The van der Waals surface area contributed by atoms with Gasteiger partial charge in [0.2, 0.25) is 0 Å². The molecule has 1 saturated heterocycles. The molecule has 2 rings (SSSR count). The van der Waals surface area contributed by atoms with Crippen LogP contribution in [0.5, 0.6) is 0 Å². The summed E-state index contributed by atoms with van der Waals surface area (Å²) in [5.74, 6) is -0.813. The minimum atomic E-state index is -0.814. The molecule has 0 spiro atoms. The lowest BCUT2D eigenvalue weighted by molar-refractivity contribution is -0.150. The van der Waals surface area contributed by atoms with Gasteiger partial charge in [0.05, 0.1) is 23.8 Å². The summed E-state index contributed by atoms with van der Waals surface area (Å²) in [6.45, 7) is 1.13. The second kappa shape index (κ2) is 3.94. The predicted octanol–water partition coefficient (Wildman–Crippen LogP) is 1.14. The number of halogens is 1. The molecule has 1 N–H and O–H groups in total. The molecule has 5 nitrogen and oxygen atoms in total. The van der Waals surface area contributed by atoms with Crippen LogP contribution in [-0.4, -0.2) is 34.1 Å². The molecule has 2 heterocycles. The first-order valence-corrected chi connectivity index (χ1v) is 5.41. The van der Waals surface area contributed by atoms with E-state index in [4.69, 9.17) is 4.74 Å². The van der Waals surface area contributed by atoms with Crippen molar-refractivity contribution in [3.8, 4) is 0 Å². The number of aliphatic carboxylic acids is 1. The number of hydrogen-bond donors (Lipinski definition) is 1. The molecule has 0 radical (unpaired) electrons. The molecule has 1 atom stereocenters. The second-order valence-corrected chi connectivity index (χ2v) is 4.66. The van der Waals surface area contributed by atoms with E-state index < -0.39 is 11.4 Å². The van der Waals surface area contributed by atoms with Crippen molar-refractivity contribution in [1.29, 1.82) is 0 Å². The number of carboxylic acid groups (broad SMARTS) is 1. The van der Waals surface area contributed by atoms with E-state index in [1.807, 2.05) is 0 Å². The number of hydrogen-bond acceptors (Lipinski definition) is 3. The van der Waals surface area contributed by atoms with Gasteiger partial charge >= 0.3 is 5.97 Å². The molecule has 6 heteroatoms. The molecule has 0 amide bonds. The number of carboxylic acids is 1. The normalized spacial score (nSPS) is 25.7. The molecule has 1 aliphatic rings. The molecule has 82 valence electrons. The number of carbonyl (C=O) groups is 1. The summed E-state index contributed by atoms with van der Waals surface area (Å²) in [5, 5.41) is 13.3. The number of rotatable bonds is 3. The van der Waals surface area contributed by atoms with Gasteiger partial charge in [-0.1, -0.05) is 0 Å². The molecule has 1 aromatic heterocycles. The van der Waals surface area contributed by atoms with Crippen LogP contribution in [0.3, 0.4) is 0 Å². The Labute approximate surface area is 95.2 Å². The highest BCUT2D eigenvalue weighted by Crippen LogP contribution is 2.31. The Morgan fingerprint density at radius 1 is 1.80 bits per heavy atom. The highest BCUT2D eigenvalue weighted by atomic mass is 79.9. The third-order valence-corrected chi connectivity index (χ3v) is 3.03. The van der Waals surface area contributed by atoms with Gasteiger partial charge in [-0.15, -0.1) is 0 Å². The van der Waals surface area contributed by atoms with Gasteiger partial charge in [0.1, 0.15) is 5.41 Å². The van der Waals surface area contributed by atoms with Gasteiger partial charge in [0.25, 0.3) is 0 Å². The van der Waals surface area contributed by atoms with Gasteiger partial charge in [-0.05, 0) is 22.4 Å². The van der Waals surface area contributed by atoms with Crippen LogP contribution in [0, 0.1) is 5.41 Å². The summed E-state index contributed by atoms with van der Waals surface area (Å²) >= 11 is 3.27. The summed E-state index contributed by atoms with van der Waals surface area (Å²) in [4.78, 5) is 11.2. The summed E-state index contributed by atoms with van der Waals surface area (Å²) < 4.78 is 7.65. The largest absolute Gasteiger partial charge is 0.481 e. The molecule has 1 aliphatic heterocycles. The Kier molecular flexibility index (Phi) is 2.79. The lowest BCUT2D eigenvalue weighted by Crippen LogP contribution is -2.36. The Hall–Kier alpha value is -0.880. The van der Waals surface area contributed by atoms with Crippen LogP contribution in [0.1, 0.15) is 6.42 Å². The zero-order valence-electron chi connectivity index (χ0n) is 8.02. The van der Waals surface area contributed by atoms with Gasteiger partial charge in [0.15, 0.2) is 0 Å². The Balaban J connectivity index is 2.17. The van der Waals surface area contributed by atoms with Gasteiger partial charge in [0, 0.05) is 12.8 Å². The fourth-order valence-corrected chi connectivity index (χ4v) is 2.03. The van der Waals surface area contributed by atoms with Crippen molar-refractivity contribution in [1.82, 2.24) is 9.78 Å². The topological polar surface area (TPSA) is 64.3 Å². The Morgan fingerprint density at radius 2 is 2.60 bits per heavy atom. The van der Waals surface area contributed by atoms with Gasteiger partial charge in [-0.2, -0.15) is 5.10 Å². The van der Waals surface area contributed by atoms with Crippen LogP contribution >= 0.6 is 15.9 Å². The quantitative estimate of drug-likeness (QED) is 0.898. The standard InChI is InChI=1S/C9H11BrN2O3/c10-7-3-11-12(4-7)5-9(8(13)14)1-2-15-6-9/h3-4H,1-2,5-6H2,(H,13,14). The first-order chi connectivity index (χ1) is 7.12. The van der Waals surface area contributed by atoms with Crippen molar-refractivity contribution in [2.75, 3.05) is 13.2 Å². The number of nitrogens with zero attached hydrogens (tertiary/aromatic N) is 2. The van der Waals surface area contributed by atoms with Crippen molar-refractivity contribution in [2.45, 2.75) is 13.0 Å². The maximum atomic E-state index is 11.2. The summed E-state index contributed by atoms with van der Waals surface area (Å²) in [6, 6.07) is 0. The van der Waals surface area contributed by atoms with Gasteiger partial charge < -0.3 is 9.84 Å². The highest BCUT2D eigenvalue weighted by molar-refractivity contribution is 9.10. The summed E-state index contributed by atoms with van der Waals surface area (Å²) in [6.07, 6.45) is 3.95. The molecule has 1 unspecified atom stereocenters. The molecule has 1 fully saturated rings. The lowest BCUT2D eigenvalue weighted by Gasteiger charge is -2.21. The van der Waals surface area contributed by atoms with Crippen molar-refractivity contribution in [2.24, 2.45) is 5.41 Å². The van der Waals surface area contributed by atoms with E-state index in [0.29, 0.717) is 19.6 Å². The molecular formula is C9H11BrN2O3. The van der Waals surface area contributed by atoms with E-state index in [1.54, 1.807) is 17.1 Å². The monoisotopic (exact) mass is 274 g/mol. The second-order valence-electron chi connectivity index (χ2n) is 3.74. The van der Waals surface area contributed by atoms with E-state index in [-0.39, 0.29) is 6.61 Å². The van der Waals surface area contributed by atoms with Crippen molar-refractivity contribution < 1.29 is 14.6 Å². The van der Waals surface area contributed by atoms with Crippen molar-refractivity contribution in [3.63, 3.8) is 0 Å². The number of aromatic nitrogens is 2. The third kappa shape index (κ3) is 2.05. The first-order valence-electron chi connectivity index (χ1n) is 4.61. The third-order valence-electron chi connectivity index (χ3n) is 2.62. The minimum absolute atomic E-state index is 0.264. The lowest BCUT2D eigenvalue weighted by atomic mass is 9.87. The minimum Gasteiger partial charge on any atom is -0.481 e. The molecule has 15 heavy (non-hydrogen) atoms. The zero-order chi connectivity index (χ0) is 10.9. The van der Waals surface area contributed by atoms with Crippen LogP contribution in [0.2, 0.25) is 0 Å². The summed E-state index contributed by atoms with van der Waals surface area (Å²) in [5.41, 5.74) is -0.814. The van der Waals surface area contributed by atoms with Crippen LogP contribution in [-0.2, 0) is 16.1 Å². The summed E-state index contributed by atoms with van der Waals surface area (Å²) in [7, 11) is 0. The number of ether oxygens (including phenoxy) is 1. The van der Waals surface area contributed by atoms with Crippen LogP contribution < -0.4 is 0 Å². The highest BCUT2D eigenvalue weighted by Gasteiger charge is 2.43. The predicted molar refractivity (Wildman–Crippen MR) is 55.4 cm³/mol. The van der Waals surface area contributed by atoms with Crippen LogP contribution in [0.25, 0.3) is 0 Å². The van der Waals surface area contributed by atoms with E-state index in [9.17, 15) is 9.90 Å². The van der Waals surface area contributed by atoms with E-state index >= 15 is 0 Å². The Bertz CT molecular complexity index is 371. The fourth-order valence-electron chi connectivity index (χ4n) is 1.70. The SMILES string of the molecule is O=C(O)C1(Cn2cc(Br)cn2)CCOC1. The Morgan fingerprint density at radius 3 is 3.07 bits per heavy atom. The molecule has 0 aliphatic carbocycles. The first kappa shape index (κ1) is 10.6. The van der Waals surface area contributed by atoms with E-state index in [1.165, 1.54) is 0 Å². The molecule has 0 bridgehead atoms. The van der Waals surface area contributed by atoms with Gasteiger partial charge in [-0.3, -0.25) is 9.48 Å². The smallest absolute Gasteiger partial charge is 0.313 e. The molecule has 1 aromatic rings. The maximum Gasteiger partial charge on any atom is 0.313 e. The zero-order valence-corrected chi connectivity index (χ0v) is 9.61. The molecule has 0 saturated carbocycles. The van der Waals surface area contributed by atoms with Crippen molar-refractivity contribution in [3.05, 3.63) is 16.9 Å². The van der Waals surface area contributed by atoms with E-state index in [2.05, 4.69) is 21.0 Å². The fraction of sp³-hybridized carbons (Fsp3) is 0.556. The molecule has 0 aromatic carbocycles. The van der Waals surface area contributed by atoms with Crippen LogP contribution in [0.15, 0.2) is 16.9 Å². The van der Waals surface area contributed by atoms with E-state index in [0.717, 1.165) is 4.47 Å². The average Bonchev–Trinajstić information content (AvgIpc) is 2.77. The molecular weight excluding hydrogens is 264 g/mol.